The molecule has 1 fully saturated rings. The van der Waals surface area contributed by atoms with Gasteiger partial charge in [-0.15, -0.1) is 11.3 Å². The average molecular weight is 372 g/mol. The molecule has 0 spiro atoms. The number of hydrogen-bond acceptors (Lipinski definition) is 5. The van der Waals surface area contributed by atoms with E-state index in [0.29, 0.717) is 17.7 Å². The second-order valence-electron chi connectivity index (χ2n) is 6.52. The van der Waals surface area contributed by atoms with E-state index < -0.39 is 0 Å². The van der Waals surface area contributed by atoms with Gasteiger partial charge in [-0.25, -0.2) is 14.4 Å². The minimum Gasteiger partial charge on any atom is -0.381 e. The van der Waals surface area contributed by atoms with Crippen molar-refractivity contribution in [1.82, 2.24) is 14.5 Å². The molecule has 1 atom stereocenters. The molecule has 1 aliphatic heterocycles. The number of thiazole rings is 1. The topological polar surface area (TPSA) is 66.0 Å². The Morgan fingerprint density at radius 3 is 2.85 bits per heavy atom. The Kier molecular flexibility index (Phi) is 4.99. The zero-order chi connectivity index (χ0) is 17.9. The number of halogens is 1. The Hall–Kier alpha value is -2.25. The molecule has 0 aliphatic carbocycles. The Labute approximate surface area is 155 Å². The van der Waals surface area contributed by atoms with Gasteiger partial charge < -0.3 is 15.0 Å². The van der Waals surface area contributed by atoms with Gasteiger partial charge in [0.05, 0.1) is 30.0 Å². The Bertz CT molecular complexity index is 868. The molecule has 1 aromatic carbocycles. The zero-order valence-electron chi connectivity index (χ0n) is 14.4. The number of aromatic nitrogens is 3. The standard InChI is InChI=1S/C19H21FN4OS/c20-15-5-3-13(4-6-15)17-18(14-7-9-25-10-14)24(12-22-17)8-1-2-16-11-26-19(21)23-16/h3-6,11-12,14H,1-2,7-10H2,(H2,21,23). The van der Waals surface area contributed by atoms with Crippen molar-refractivity contribution in [2.75, 3.05) is 18.9 Å². The predicted octanol–water partition coefficient (Wildman–Crippen LogP) is 3.86. The lowest BCUT2D eigenvalue weighted by Gasteiger charge is -2.15. The number of nitrogens with zero attached hydrogens (tertiary/aromatic N) is 3. The van der Waals surface area contributed by atoms with Gasteiger partial charge >= 0.3 is 0 Å². The molecule has 0 amide bonds. The molecule has 2 aromatic heterocycles. The number of ether oxygens (including phenoxy) is 1. The van der Waals surface area contributed by atoms with Crippen LogP contribution in [0.5, 0.6) is 0 Å². The number of imidazole rings is 1. The van der Waals surface area contributed by atoms with Crippen LogP contribution in [-0.2, 0) is 17.7 Å². The quantitative estimate of drug-likeness (QED) is 0.713. The van der Waals surface area contributed by atoms with E-state index in [0.717, 1.165) is 49.4 Å². The fraction of sp³-hybridized carbons (Fsp3) is 0.368. The molecule has 136 valence electrons. The molecule has 4 rings (SSSR count). The van der Waals surface area contributed by atoms with Crippen molar-refractivity contribution in [3.05, 3.63) is 53.2 Å². The summed E-state index contributed by atoms with van der Waals surface area (Å²) in [5, 5.41) is 2.63. The van der Waals surface area contributed by atoms with E-state index in [1.165, 1.54) is 29.2 Å². The minimum absolute atomic E-state index is 0.235. The largest absolute Gasteiger partial charge is 0.381 e. The van der Waals surface area contributed by atoms with Crippen molar-refractivity contribution in [1.29, 1.82) is 0 Å². The highest BCUT2D eigenvalue weighted by Crippen LogP contribution is 2.33. The predicted molar refractivity (Wildman–Crippen MR) is 101 cm³/mol. The maximum absolute atomic E-state index is 13.3. The van der Waals surface area contributed by atoms with Crippen LogP contribution in [0.2, 0.25) is 0 Å². The smallest absolute Gasteiger partial charge is 0.180 e. The second kappa shape index (κ2) is 7.55. The molecule has 3 heterocycles. The molecule has 3 aromatic rings. The lowest BCUT2D eigenvalue weighted by molar-refractivity contribution is 0.193. The van der Waals surface area contributed by atoms with Crippen LogP contribution < -0.4 is 5.73 Å². The molecule has 7 heteroatoms. The molecule has 0 bridgehead atoms. The van der Waals surface area contributed by atoms with Gasteiger partial charge in [0.15, 0.2) is 5.13 Å². The fourth-order valence-electron chi connectivity index (χ4n) is 3.45. The normalized spacial score (nSPS) is 17.0. The summed E-state index contributed by atoms with van der Waals surface area (Å²) in [6.45, 7) is 2.34. The van der Waals surface area contributed by atoms with E-state index in [-0.39, 0.29) is 5.82 Å². The molecule has 26 heavy (non-hydrogen) atoms. The van der Waals surface area contributed by atoms with Gasteiger partial charge in [0.2, 0.25) is 0 Å². The highest BCUT2D eigenvalue weighted by molar-refractivity contribution is 7.13. The third kappa shape index (κ3) is 3.64. The molecule has 2 N–H and O–H groups in total. The maximum Gasteiger partial charge on any atom is 0.180 e. The summed E-state index contributed by atoms with van der Waals surface area (Å²) >= 11 is 1.48. The van der Waals surface area contributed by atoms with E-state index in [9.17, 15) is 4.39 Å². The molecule has 1 saturated heterocycles. The van der Waals surface area contributed by atoms with Gasteiger partial charge in [0.25, 0.3) is 0 Å². The van der Waals surface area contributed by atoms with Crippen molar-refractivity contribution in [2.24, 2.45) is 0 Å². The van der Waals surface area contributed by atoms with Crippen LogP contribution in [0.25, 0.3) is 11.3 Å². The van der Waals surface area contributed by atoms with Crippen molar-refractivity contribution in [2.45, 2.75) is 31.7 Å². The first kappa shape index (κ1) is 17.2. The number of nitrogen functional groups attached to an aromatic ring is 1. The molecule has 0 saturated carbocycles. The molecule has 1 unspecified atom stereocenters. The van der Waals surface area contributed by atoms with Crippen molar-refractivity contribution in [3.63, 3.8) is 0 Å². The fourth-order valence-corrected chi connectivity index (χ4v) is 4.04. The van der Waals surface area contributed by atoms with Crippen LogP contribution in [-0.4, -0.2) is 27.7 Å². The molecular weight excluding hydrogens is 351 g/mol. The SMILES string of the molecule is Nc1nc(CCCn2cnc(-c3ccc(F)cc3)c2C2CCOC2)cs1. The lowest BCUT2D eigenvalue weighted by Crippen LogP contribution is -2.09. The minimum atomic E-state index is -0.235. The van der Waals surface area contributed by atoms with Gasteiger partial charge in [0, 0.05) is 30.0 Å². The summed E-state index contributed by atoms with van der Waals surface area (Å²) in [5.74, 6) is 0.0916. The number of hydrogen-bond donors (Lipinski definition) is 1. The first-order chi connectivity index (χ1) is 12.7. The van der Waals surface area contributed by atoms with Crippen LogP contribution in [0.3, 0.4) is 0 Å². The Balaban J connectivity index is 1.56. The highest BCUT2D eigenvalue weighted by Gasteiger charge is 2.25. The molecule has 1 aliphatic rings. The van der Waals surface area contributed by atoms with Crippen LogP contribution in [0.1, 0.15) is 30.1 Å². The summed E-state index contributed by atoms with van der Waals surface area (Å²) in [6.07, 6.45) is 4.73. The molecular formula is C19H21FN4OS. The van der Waals surface area contributed by atoms with Crippen molar-refractivity contribution < 1.29 is 9.13 Å². The van der Waals surface area contributed by atoms with Gasteiger partial charge in [-0.3, -0.25) is 0 Å². The third-order valence-corrected chi connectivity index (χ3v) is 5.44. The van der Waals surface area contributed by atoms with Crippen LogP contribution in [0.15, 0.2) is 36.0 Å². The number of aryl methyl sites for hydroxylation is 2. The molecule has 5 nitrogen and oxygen atoms in total. The van der Waals surface area contributed by atoms with Crippen molar-refractivity contribution >= 4 is 16.5 Å². The third-order valence-electron chi connectivity index (χ3n) is 4.71. The van der Waals surface area contributed by atoms with Gasteiger partial charge in [-0.2, -0.15) is 0 Å². The number of anilines is 1. The van der Waals surface area contributed by atoms with E-state index >= 15 is 0 Å². The van der Waals surface area contributed by atoms with E-state index in [2.05, 4.69) is 14.5 Å². The van der Waals surface area contributed by atoms with E-state index in [4.69, 9.17) is 10.5 Å². The lowest BCUT2D eigenvalue weighted by atomic mass is 9.99. The van der Waals surface area contributed by atoms with Gasteiger partial charge in [-0.05, 0) is 43.5 Å². The summed E-state index contributed by atoms with van der Waals surface area (Å²) in [4.78, 5) is 8.96. The Morgan fingerprint density at radius 1 is 1.31 bits per heavy atom. The maximum atomic E-state index is 13.3. The first-order valence-corrected chi connectivity index (χ1v) is 9.67. The Morgan fingerprint density at radius 2 is 2.15 bits per heavy atom. The first-order valence-electron chi connectivity index (χ1n) is 8.79. The zero-order valence-corrected chi connectivity index (χ0v) is 15.2. The summed E-state index contributed by atoms with van der Waals surface area (Å²) in [6, 6.07) is 6.55. The second-order valence-corrected chi connectivity index (χ2v) is 7.41. The highest BCUT2D eigenvalue weighted by atomic mass is 32.1. The number of rotatable bonds is 6. The van der Waals surface area contributed by atoms with Gasteiger partial charge in [0.1, 0.15) is 5.82 Å². The molecule has 0 radical (unpaired) electrons. The summed E-state index contributed by atoms with van der Waals surface area (Å²) < 4.78 is 21.1. The average Bonchev–Trinajstić information content (AvgIpc) is 3.36. The summed E-state index contributed by atoms with van der Waals surface area (Å²) in [5.41, 5.74) is 9.80. The van der Waals surface area contributed by atoms with Crippen LogP contribution in [0, 0.1) is 5.82 Å². The van der Waals surface area contributed by atoms with E-state index in [1.54, 1.807) is 12.1 Å². The number of nitrogens with two attached hydrogens (primary N) is 1. The van der Waals surface area contributed by atoms with Crippen LogP contribution in [0.4, 0.5) is 9.52 Å². The number of benzene rings is 1. The van der Waals surface area contributed by atoms with Crippen LogP contribution >= 0.6 is 11.3 Å². The van der Waals surface area contributed by atoms with Crippen molar-refractivity contribution in [3.8, 4) is 11.3 Å². The van der Waals surface area contributed by atoms with Gasteiger partial charge in [-0.1, -0.05) is 0 Å². The summed E-state index contributed by atoms with van der Waals surface area (Å²) in [7, 11) is 0. The van der Waals surface area contributed by atoms with E-state index in [1.807, 2.05) is 11.7 Å². The monoisotopic (exact) mass is 372 g/mol.